The summed E-state index contributed by atoms with van der Waals surface area (Å²) in [5.41, 5.74) is 0. The summed E-state index contributed by atoms with van der Waals surface area (Å²) < 4.78 is 4.33. The SMILES string of the molecule is O=COCC=CCCC(=O)O. The van der Waals surface area contributed by atoms with Crippen LogP contribution in [-0.4, -0.2) is 24.2 Å². The van der Waals surface area contributed by atoms with E-state index in [1.807, 2.05) is 0 Å². The Bertz CT molecular complexity index is 151. The number of carbonyl (C=O) groups is 2. The van der Waals surface area contributed by atoms with Crippen LogP contribution in [0.1, 0.15) is 12.8 Å². The monoisotopic (exact) mass is 158 g/mol. The number of carbonyl (C=O) groups excluding carboxylic acids is 1. The number of carboxylic acid groups (broad SMARTS) is 1. The number of ether oxygens (including phenoxy) is 1. The summed E-state index contributed by atoms with van der Waals surface area (Å²) in [5, 5.41) is 8.19. The molecule has 62 valence electrons. The van der Waals surface area contributed by atoms with Gasteiger partial charge in [0.05, 0.1) is 0 Å². The average Bonchev–Trinajstić information content (AvgIpc) is 1.96. The minimum absolute atomic E-state index is 0.109. The first kappa shape index (κ1) is 9.68. The fraction of sp³-hybridized carbons (Fsp3) is 0.429. The minimum Gasteiger partial charge on any atom is -0.481 e. The molecule has 0 aromatic rings. The van der Waals surface area contributed by atoms with Gasteiger partial charge < -0.3 is 9.84 Å². The second kappa shape index (κ2) is 6.80. The number of allylic oxidation sites excluding steroid dienone is 1. The summed E-state index contributed by atoms with van der Waals surface area (Å²) in [6.07, 6.45) is 3.85. The molecule has 0 bridgehead atoms. The number of hydrogen-bond acceptors (Lipinski definition) is 3. The van der Waals surface area contributed by atoms with Crippen LogP contribution >= 0.6 is 0 Å². The van der Waals surface area contributed by atoms with Crippen molar-refractivity contribution in [2.75, 3.05) is 6.61 Å². The van der Waals surface area contributed by atoms with Gasteiger partial charge in [-0.3, -0.25) is 9.59 Å². The molecular weight excluding hydrogens is 148 g/mol. The molecule has 11 heavy (non-hydrogen) atoms. The highest BCUT2D eigenvalue weighted by molar-refractivity contribution is 5.66. The Hall–Kier alpha value is -1.32. The predicted octanol–water partition coefficient (Wildman–Crippen LogP) is 0.580. The van der Waals surface area contributed by atoms with E-state index in [9.17, 15) is 9.59 Å². The number of hydrogen-bond donors (Lipinski definition) is 1. The van der Waals surface area contributed by atoms with Gasteiger partial charge in [-0.15, -0.1) is 0 Å². The minimum atomic E-state index is -0.828. The third-order valence-electron chi connectivity index (χ3n) is 0.952. The van der Waals surface area contributed by atoms with Crippen LogP contribution in [0.5, 0.6) is 0 Å². The lowest BCUT2D eigenvalue weighted by Crippen LogP contribution is -1.92. The molecule has 0 unspecified atom stereocenters. The Morgan fingerprint density at radius 2 is 2.18 bits per heavy atom. The Labute approximate surface area is 64.5 Å². The van der Waals surface area contributed by atoms with Crippen molar-refractivity contribution < 1.29 is 19.4 Å². The lowest BCUT2D eigenvalue weighted by molar-refractivity contribution is -0.137. The van der Waals surface area contributed by atoms with E-state index in [0.717, 1.165) is 0 Å². The van der Waals surface area contributed by atoms with E-state index in [4.69, 9.17) is 5.11 Å². The molecule has 0 fully saturated rings. The molecule has 0 radical (unpaired) electrons. The molecule has 0 atom stereocenters. The molecule has 0 aliphatic carbocycles. The van der Waals surface area contributed by atoms with Crippen LogP contribution in [-0.2, 0) is 14.3 Å². The maximum Gasteiger partial charge on any atom is 0.303 e. The van der Waals surface area contributed by atoms with Crippen molar-refractivity contribution in [2.24, 2.45) is 0 Å². The highest BCUT2D eigenvalue weighted by Crippen LogP contribution is 1.89. The highest BCUT2D eigenvalue weighted by atomic mass is 16.5. The number of rotatable bonds is 6. The van der Waals surface area contributed by atoms with Crippen molar-refractivity contribution in [1.82, 2.24) is 0 Å². The molecule has 0 spiro atoms. The van der Waals surface area contributed by atoms with E-state index < -0.39 is 5.97 Å². The van der Waals surface area contributed by atoms with Crippen molar-refractivity contribution in [3.8, 4) is 0 Å². The summed E-state index contributed by atoms with van der Waals surface area (Å²) in [6.45, 7) is 0.560. The van der Waals surface area contributed by atoms with E-state index >= 15 is 0 Å². The fourth-order valence-corrected chi connectivity index (χ4v) is 0.488. The van der Waals surface area contributed by atoms with E-state index in [0.29, 0.717) is 12.9 Å². The van der Waals surface area contributed by atoms with Crippen molar-refractivity contribution in [3.63, 3.8) is 0 Å². The lowest BCUT2D eigenvalue weighted by atomic mass is 10.3. The van der Waals surface area contributed by atoms with Crippen LogP contribution in [0.15, 0.2) is 12.2 Å². The molecule has 0 rings (SSSR count). The number of carboxylic acids is 1. The summed E-state index contributed by atoms with van der Waals surface area (Å²) in [5.74, 6) is -0.828. The second-order valence-electron chi connectivity index (χ2n) is 1.83. The normalized spacial score (nSPS) is 9.82. The molecule has 0 aromatic heterocycles. The smallest absolute Gasteiger partial charge is 0.303 e. The molecule has 0 saturated heterocycles. The largest absolute Gasteiger partial charge is 0.481 e. The van der Waals surface area contributed by atoms with Crippen molar-refractivity contribution in [3.05, 3.63) is 12.2 Å². The predicted molar refractivity (Wildman–Crippen MR) is 38.0 cm³/mol. The zero-order chi connectivity index (χ0) is 8.53. The van der Waals surface area contributed by atoms with Crippen LogP contribution in [0.3, 0.4) is 0 Å². The standard InChI is InChI=1S/C7H10O4/c8-6-11-5-3-1-2-4-7(9)10/h1,3,6H,2,4-5H2,(H,9,10). The lowest BCUT2D eigenvalue weighted by Gasteiger charge is -1.88. The van der Waals surface area contributed by atoms with Crippen LogP contribution in [0.4, 0.5) is 0 Å². The van der Waals surface area contributed by atoms with E-state index in [2.05, 4.69) is 4.74 Å². The van der Waals surface area contributed by atoms with Gasteiger partial charge in [0, 0.05) is 6.42 Å². The first-order valence-corrected chi connectivity index (χ1v) is 3.19. The fourth-order valence-electron chi connectivity index (χ4n) is 0.488. The van der Waals surface area contributed by atoms with Gasteiger partial charge in [0.25, 0.3) is 6.47 Å². The molecule has 0 saturated carbocycles. The Morgan fingerprint density at radius 1 is 1.45 bits per heavy atom. The molecule has 0 amide bonds. The molecular formula is C7H10O4. The first-order chi connectivity index (χ1) is 5.27. The van der Waals surface area contributed by atoms with Gasteiger partial charge in [0.15, 0.2) is 0 Å². The van der Waals surface area contributed by atoms with E-state index in [1.165, 1.54) is 0 Å². The van der Waals surface area contributed by atoms with Gasteiger partial charge in [-0.05, 0) is 6.42 Å². The van der Waals surface area contributed by atoms with Crippen LogP contribution in [0.2, 0.25) is 0 Å². The van der Waals surface area contributed by atoms with E-state index in [1.54, 1.807) is 12.2 Å². The van der Waals surface area contributed by atoms with Crippen molar-refractivity contribution >= 4 is 12.4 Å². The topological polar surface area (TPSA) is 63.6 Å². The van der Waals surface area contributed by atoms with Crippen LogP contribution in [0.25, 0.3) is 0 Å². The van der Waals surface area contributed by atoms with Crippen molar-refractivity contribution in [2.45, 2.75) is 12.8 Å². The quantitative estimate of drug-likeness (QED) is 0.349. The summed E-state index contributed by atoms with van der Waals surface area (Å²) in [7, 11) is 0. The first-order valence-electron chi connectivity index (χ1n) is 3.19. The number of aliphatic carboxylic acids is 1. The molecule has 0 aliphatic heterocycles. The second-order valence-corrected chi connectivity index (χ2v) is 1.83. The molecule has 1 N–H and O–H groups in total. The third-order valence-corrected chi connectivity index (χ3v) is 0.952. The molecule has 0 heterocycles. The third kappa shape index (κ3) is 8.68. The summed E-state index contributed by atoms with van der Waals surface area (Å²) in [4.78, 5) is 19.6. The Morgan fingerprint density at radius 3 is 2.73 bits per heavy atom. The maximum absolute atomic E-state index is 9.97. The van der Waals surface area contributed by atoms with Gasteiger partial charge in [0.1, 0.15) is 6.61 Å². The maximum atomic E-state index is 9.97. The summed E-state index contributed by atoms with van der Waals surface area (Å²) in [6, 6.07) is 0. The average molecular weight is 158 g/mol. The molecule has 4 heteroatoms. The van der Waals surface area contributed by atoms with Crippen molar-refractivity contribution in [1.29, 1.82) is 0 Å². The summed E-state index contributed by atoms with van der Waals surface area (Å²) >= 11 is 0. The van der Waals surface area contributed by atoms with Gasteiger partial charge in [-0.1, -0.05) is 12.2 Å². The molecule has 0 aromatic carbocycles. The van der Waals surface area contributed by atoms with E-state index in [-0.39, 0.29) is 13.0 Å². The molecule has 4 nitrogen and oxygen atoms in total. The highest BCUT2D eigenvalue weighted by Gasteiger charge is 1.90. The van der Waals surface area contributed by atoms with Gasteiger partial charge >= 0.3 is 5.97 Å². The van der Waals surface area contributed by atoms with Crippen LogP contribution < -0.4 is 0 Å². The molecule has 0 aliphatic rings. The van der Waals surface area contributed by atoms with Crippen LogP contribution in [0, 0.1) is 0 Å². The Kier molecular flexibility index (Phi) is 5.98. The van der Waals surface area contributed by atoms with Gasteiger partial charge in [0.2, 0.25) is 0 Å². The zero-order valence-corrected chi connectivity index (χ0v) is 6.03. The van der Waals surface area contributed by atoms with Gasteiger partial charge in [-0.25, -0.2) is 0 Å². The van der Waals surface area contributed by atoms with Gasteiger partial charge in [-0.2, -0.15) is 0 Å². The zero-order valence-electron chi connectivity index (χ0n) is 6.03. The Balaban J connectivity index is 3.16.